The van der Waals surface area contributed by atoms with Crippen molar-refractivity contribution in [2.75, 3.05) is 5.73 Å². The van der Waals surface area contributed by atoms with Crippen LogP contribution in [0.25, 0.3) is 0 Å². The van der Waals surface area contributed by atoms with Gasteiger partial charge in [0.25, 0.3) is 0 Å². The first-order valence-corrected chi connectivity index (χ1v) is 5.04. The fourth-order valence-corrected chi connectivity index (χ4v) is 2.42. The molecule has 0 atom stereocenters. The maximum Gasteiger partial charge on any atom is 0.0324 e. The van der Waals surface area contributed by atoms with Gasteiger partial charge in [0.1, 0.15) is 0 Å². The Bertz CT molecular complexity index is 237. The lowest BCUT2D eigenvalue weighted by Gasteiger charge is -1.99. The van der Waals surface area contributed by atoms with Crippen LogP contribution >= 0.6 is 38.5 Å². The van der Waals surface area contributed by atoms with Gasteiger partial charge in [-0.1, -0.05) is 22.0 Å². The highest BCUT2D eigenvalue weighted by Crippen LogP contribution is 2.17. The first-order valence-electron chi connectivity index (χ1n) is 2.84. The molecule has 0 spiro atoms. The summed E-state index contributed by atoms with van der Waals surface area (Å²) in [6, 6.07) is 5.92. The number of halogens is 2. The van der Waals surface area contributed by atoms with Crippen LogP contribution in [0.2, 0.25) is 0 Å². The fourth-order valence-electron chi connectivity index (χ4n) is 0.672. The molecule has 3 heteroatoms. The van der Waals surface area contributed by atoms with Crippen LogP contribution in [0.15, 0.2) is 18.2 Å². The predicted octanol–water partition coefficient (Wildman–Crippen LogP) is 2.77. The zero-order chi connectivity index (χ0) is 7.56. The van der Waals surface area contributed by atoms with Gasteiger partial charge in [-0.05, 0) is 40.3 Å². The van der Waals surface area contributed by atoms with Crippen LogP contribution in [-0.4, -0.2) is 0 Å². The normalized spacial score (nSPS) is 9.80. The summed E-state index contributed by atoms with van der Waals surface area (Å²) in [5, 5.41) is 0.894. The number of nitrogens with two attached hydrogens (primary N) is 1. The maximum absolute atomic E-state index is 5.56. The molecule has 54 valence electrons. The molecule has 0 aliphatic rings. The summed E-state index contributed by atoms with van der Waals surface area (Å²) in [6.07, 6.45) is 0. The zero-order valence-electron chi connectivity index (χ0n) is 5.27. The van der Waals surface area contributed by atoms with E-state index in [9.17, 15) is 0 Å². The molecule has 1 rings (SSSR count). The van der Waals surface area contributed by atoms with Crippen molar-refractivity contribution in [1.82, 2.24) is 0 Å². The summed E-state index contributed by atoms with van der Waals surface area (Å²) in [4.78, 5) is 0. The Morgan fingerprint density at radius 1 is 1.50 bits per heavy atom. The Hall–Kier alpha value is 0.230. The molecule has 10 heavy (non-hydrogen) atoms. The minimum absolute atomic E-state index is 0.828. The highest BCUT2D eigenvalue weighted by molar-refractivity contribution is 14.1. The second-order valence-electron chi connectivity index (χ2n) is 1.98. The third kappa shape index (κ3) is 1.85. The Kier molecular flexibility index (Phi) is 2.97. The van der Waals surface area contributed by atoms with Crippen LogP contribution < -0.4 is 5.73 Å². The van der Waals surface area contributed by atoms with E-state index in [2.05, 4.69) is 38.5 Å². The second-order valence-corrected chi connectivity index (χ2v) is 3.71. The van der Waals surface area contributed by atoms with E-state index in [-0.39, 0.29) is 0 Å². The molecule has 0 radical (unpaired) electrons. The van der Waals surface area contributed by atoms with Crippen LogP contribution in [0.4, 0.5) is 5.69 Å². The number of benzene rings is 1. The minimum atomic E-state index is 0.828. The first kappa shape index (κ1) is 8.33. The van der Waals surface area contributed by atoms with Crippen LogP contribution in [0.3, 0.4) is 0 Å². The molecule has 0 unspecified atom stereocenters. The zero-order valence-corrected chi connectivity index (χ0v) is 9.02. The predicted molar refractivity (Wildman–Crippen MR) is 56.2 cm³/mol. The lowest BCUT2D eigenvalue weighted by Crippen LogP contribution is -1.88. The third-order valence-electron chi connectivity index (χ3n) is 1.22. The van der Waals surface area contributed by atoms with Gasteiger partial charge in [0.2, 0.25) is 0 Å². The van der Waals surface area contributed by atoms with Crippen molar-refractivity contribution < 1.29 is 0 Å². The summed E-state index contributed by atoms with van der Waals surface area (Å²) < 4.78 is 1.22. The number of hydrogen-bond acceptors (Lipinski definition) is 1. The van der Waals surface area contributed by atoms with Crippen molar-refractivity contribution in [1.29, 1.82) is 0 Å². The molecule has 0 saturated heterocycles. The van der Waals surface area contributed by atoms with Gasteiger partial charge < -0.3 is 5.73 Å². The molecule has 0 heterocycles. The van der Waals surface area contributed by atoms with E-state index in [0.29, 0.717) is 0 Å². The van der Waals surface area contributed by atoms with E-state index < -0.39 is 0 Å². The maximum atomic E-state index is 5.56. The molecule has 0 aliphatic heterocycles. The molecule has 1 aromatic rings. The SMILES string of the molecule is Nc1ccc(CBr)c(I)c1. The van der Waals surface area contributed by atoms with E-state index in [1.165, 1.54) is 9.13 Å². The fraction of sp³-hybridized carbons (Fsp3) is 0.143. The highest BCUT2D eigenvalue weighted by atomic mass is 127. The summed E-state index contributed by atoms with van der Waals surface area (Å²) in [5.74, 6) is 0. The summed E-state index contributed by atoms with van der Waals surface area (Å²) in [5.41, 5.74) is 7.68. The molecule has 0 fully saturated rings. The summed E-state index contributed by atoms with van der Waals surface area (Å²) in [6.45, 7) is 0. The Balaban J connectivity index is 3.07. The van der Waals surface area contributed by atoms with Gasteiger partial charge in [0.15, 0.2) is 0 Å². The van der Waals surface area contributed by atoms with E-state index >= 15 is 0 Å². The van der Waals surface area contributed by atoms with Crippen molar-refractivity contribution in [3.05, 3.63) is 27.3 Å². The van der Waals surface area contributed by atoms with Crippen molar-refractivity contribution in [2.45, 2.75) is 5.33 Å². The average Bonchev–Trinajstić information content (AvgIpc) is 1.88. The average molecular weight is 312 g/mol. The number of anilines is 1. The Labute approximate surface area is 82.3 Å². The number of hydrogen-bond donors (Lipinski definition) is 1. The number of nitrogen functional groups attached to an aromatic ring is 1. The molecule has 0 aliphatic carbocycles. The van der Waals surface area contributed by atoms with Crippen molar-refractivity contribution in [2.24, 2.45) is 0 Å². The van der Waals surface area contributed by atoms with Crippen molar-refractivity contribution in [3.63, 3.8) is 0 Å². The van der Waals surface area contributed by atoms with Gasteiger partial charge >= 0.3 is 0 Å². The van der Waals surface area contributed by atoms with Gasteiger partial charge in [-0.15, -0.1) is 0 Å². The van der Waals surface area contributed by atoms with Gasteiger partial charge in [-0.3, -0.25) is 0 Å². The summed E-state index contributed by atoms with van der Waals surface area (Å²) >= 11 is 5.66. The number of alkyl halides is 1. The number of rotatable bonds is 1. The van der Waals surface area contributed by atoms with Crippen molar-refractivity contribution in [3.8, 4) is 0 Å². The van der Waals surface area contributed by atoms with Gasteiger partial charge in [-0.2, -0.15) is 0 Å². The standard InChI is InChI=1S/C7H7BrIN/c8-4-5-1-2-6(10)3-7(5)9/h1-3H,4,10H2. The minimum Gasteiger partial charge on any atom is -0.399 e. The molecular formula is C7H7BrIN. The van der Waals surface area contributed by atoms with E-state index in [1.807, 2.05) is 18.2 Å². The van der Waals surface area contributed by atoms with Crippen LogP contribution in [0.5, 0.6) is 0 Å². The van der Waals surface area contributed by atoms with Gasteiger partial charge in [0.05, 0.1) is 0 Å². The smallest absolute Gasteiger partial charge is 0.0324 e. The molecule has 2 N–H and O–H groups in total. The lowest BCUT2D eigenvalue weighted by molar-refractivity contribution is 1.40. The molecule has 1 aromatic carbocycles. The first-order chi connectivity index (χ1) is 4.74. The quantitative estimate of drug-likeness (QED) is 0.482. The third-order valence-corrected chi connectivity index (χ3v) is 2.83. The molecule has 0 aromatic heterocycles. The Morgan fingerprint density at radius 3 is 2.70 bits per heavy atom. The lowest BCUT2D eigenvalue weighted by atomic mass is 10.2. The molecule has 0 saturated carbocycles. The topological polar surface area (TPSA) is 26.0 Å². The second kappa shape index (κ2) is 3.57. The Morgan fingerprint density at radius 2 is 2.20 bits per heavy atom. The van der Waals surface area contributed by atoms with Crippen LogP contribution in [-0.2, 0) is 5.33 Å². The van der Waals surface area contributed by atoms with E-state index in [4.69, 9.17) is 5.73 Å². The van der Waals surface area contributed by atoms with Crippen LogP contribution in [0, 0.1) is 3.57 Å². The van der Waals surface area contributed by atoms with E-state index in [0.717, 1.165) is 11.0 Å². The monoisotopic (exact) mass is 311 g/mol. The molecule has 1 nitrogen and oxygen atoms in total. The molecule has 0 bridgehead atoms. The van der Waals surface area contributed by atoms with Crippen molar-refractivity contribution >= 4 is 44.2 Å². The summed E-state index contributed by atoms with van der Waals surface area (Å²) in [7, 11) is 0. The highest BCUT2D eigenvalue weighted by Gasteiger charge is 1.96. The van der Waals surface area contributed by atoms with Gasteiger partial charge in [0, 0.05) is 14.6 Å². The van der Waals surface area contributed by atoms with Crippen LogP contribution in [0.1, 0.15) is 5.56 Å². The largest absolute Gasteiger partial charge is 0.399 e. The van der Waals surface area contributed by atoms with Gasteiger partial charge in [-0.25, -0.2) is 0 Å². The van der Waals surface area contributed by atoms with E-state index in [1.54, 1.807) is 0 Å². The molecular weight excluding hydrogens is 305 g/mol. The molecule has 0 amide bonds.